The summed E-state index contributed by atoms with van der Waals surface area (Å²) in [6.07, 6.45) is 1.34. The number of carboxylic acids is 1. The van der Waals surface area contributed by atoms with Gasteiger partial charge in [0.25, 0.3) is 0 Å². The summed E-state index contributed by atoms with van der Waals surface area (Å²) in [5.74, 6) is 0.583. The predicted molar refractivity (Wildman–Crippen MR) is 133 cm³/mol. The molecule has 34 heavy (non-hydrogen) atoms. The molecule has 1 saturated carbocycles. The second-order valence-electron chi connectivity index (χ2n) is 9.54. The van der Waals surface area contributed by atoms with Gasteiger partial charge in [0.15, 0.2) is 5.49 Å². The van der Waals surface area contributed by atoms with Gasteiger partial charge < -0.3 is 14.6 Å². The molecule has 0 saturated heterocycles. The minimum atomic E-state index is -0.983. The number of nitrogens with zero attached hydrogens (tertiary/aromatic N) is 4. The van der Waals surface area contributed by atoms with Crippen molar-refractivity contribution in [2.24, 2.45) is 16.8 Å². The summed E-state index contributed by atoms with van der Waals surface area (Å²) in [6, 6.07) is 16.1. The van der Waals surface area contributed by atoms with Gasteiger partial charge in [0.1, 0.15) is 11.2 Å². The molecular weight excluding hydrogens is 448 g/mol. The van der Waals surface area contributed by atoms with Gasteiger partial charge in [-0.3, -0.25) is 0 Å². The van der Waals surface area contributed by atoms with Gasteiger partial charge in [-0.15, -0.1) is 0 Å². The first-order valence-electron chi connectivity index (χ1n) is 11.7. The molecule has 3 aromatic rings. The van der Waals surface area contributed by atoms with E-state index in [4.69, 9.17) is 16.6 Å². The summed E-state index contributed by atoms with van der Waals surface area (Å²) >= 11 is 6.17. The van der Waals surface area contributed by atoms with Crippen molar-refractivity contribution in [3.63, 3.8) is 0 Å². The van der Waals surface area contributed by atoms with Crippen molar-refractivity contribution >= 4 is 23.3 Å². The molecule has 7 heteroatoms. The first-order valence-corrected chi connectivity index (χ1v) is 12.1. The lowest BCUT2D eigenvalue weighted by atomic mass is 9.99. The van der Waals surface area contributed by atoms with E-state index in [2.05, 4.69) is 42.5 Å². The fourth-order valence-corrected chi connectivity index (χ4v) is 5.21. The molecule has 176 valence electrons. The molecule has 3 atom stereocenters. The van der Waals surface area contributed by atoms with Crippen LogP contribution in [0, 0.1) is 18.8 Å². The Labute approximate surface area is 204 Å². The van der Waals surface area contributed by atoms with Gasteiger partial charge in [-0.25, -0.2) is 14.8 Å². The maximum Gasteiger partial charge on any atom is 0.349 e. The van der Waals surface area contributed by atoms with E-state index in [1.165, 1.54) is 0 Å². The number of fused-ring (bicyclic) bond motifs is 1. The maximum atomic E-state index is 12.1. The number of benzene rings is 2. The Bertz CT molecular complexity index is 1370. The lowest BCUT2D eigenvalue weighted by Crippen LogP contribution is -2.51. The van der Waals surface area contributed by atoms with Crippen LogP contribution in [-0.4, -0.2) is 38.7 Å². The normalized spacial score (nSPS) is 19.4. The molecule has 0 radical (unpaired) electrons. The Morgan fingerprint density at radius 3 is 2.47 bits per heavy atom. The molecule has 1 aromatic heterocycles. The highest BCUT2D eigenvalue weighted by Gasteiger charge is 2.38. The van der Waals surface area contributed by atoms with Crippen LogP contribution < -0.4 is 10.8 Å². The van der Waals surface area contributed by atoms with Crippen LogP contribution in [0.25, 0.3) is 17.1 Å². The van der Waals surface area contributed by atoms with Crippen LogP contribution in [0.4, 0.5) is 0 Å². The summed E-state index contributed by atoms with van der Waals surface area (Å²) in [5.41, 5.74) is 4.73. The van der Waals surface area contributed by atoms with E-state index in [0.29, 0.717) is 16.4 Å². The zero-order valence-corrected chi connectivity index (χ0v) is 20.6. The largest absolute Gasteiger partial charge is 0.478 e. The summed E-state index contributed by atoms with van der Waals surface area (Å²) < 4.78 is 2.24. The molecule has 2 heterocycles. The number of hydrogen-bond acceptors (Lipinski definition) is 4. The lowest BCUT2D eigenvalue weighted by Gasteiger charge is -2.33. The molecule has 1 aliphatic heterocycles. The smallest absolute Gasteiger partial charge is 0.349 e. The zero-order chi connectivity index (χ0) is 24.1. The van der Waals surface area contributed by atoms with Gasteiger partial charge in [-0.05, 0) is 56.4 Å². The van der Waals surface area contributed by atoms with E-state index >= 15 is 0 Å². The van der Waals surface area contributed by atoms with E-state index in [1.54, 1.807) is 0 Å². The number of rotatable bonds is 6. The third kappa shape index (κ3) is 3.90. The number of aryl methyl sites for hydroxylation is 1. The minimum Gasteiger partial charge on any atom is -0.478 e. The standard InChI is InChI=1S/C27H29ClN4O2/c1-15-6-5-7-20(14-15)25-29-24-23(32(25)17(3)19-10-12-21(28)13-11-19)22(16(2)18-8-9-18)31(4)26(30-24)27(33)34/h5-7,10-14,16-18,26H,8-9H2,1-4H3,(H,33,34)/t16-,17?,26?/m1/s1. The topological polar surface area (TPSA) is 70.7 Å². The van der Waals surface area contributed by atoms with Crippen molar-refractivity contribution in [1.82, 2.24) is 14.5 Å². The maximum absolute atomic E-state index is 12.1. The highest BCUT2D eigenvalue weighted by molar-refractivity contribution is 6.30. The predicted octanol–water partition coefficient (Wildman–Crippen LogP) is 4.25. The van der Waals surface area contributed by atoms with Gasteiger partial charge in [0.2, 0.25) is 6.17 Å². The van der Waals surface area contributed by atoms with E-state index in [-0.39, 0.29) is 12.0 Å². The number of aliphatic carboxylic acids is 1. The monoisotopic (exact) mass is 476 g/mol. The fraction of sp³-hybridized carbons (Fsp3) is 0.370. The molecule has 0 amide bonds. The zero-order valence-electron chi connectivity index (χ0n) is 19.9. The number of carbonyl (C=O) groups is 1. The number of halogens is 1. The van der Waals surface area contributed by atoms with Crippen LogP contribution in [0.3, 0.4) is 0 Å². The van der Waals surface area contributed by atoms with E-state index in [9.17, 15) is 9.90 Å². The van der Waals surface area contributed by atoms with Crippen LogP contribution in [0.15, 0.2) is 53.5 Å². The fourth-order valence-electron chi connectivity index (χ4n) is 5.08. The van der Waals surface area contributed by atoms with E-state index in [1.807, 2.05) is 48.3 Å². The third-order valence-electron chi connectivity index (χ3n) is 7.12. The highest BCUT2D eigenvalue weighted by atomic mass is 35.5. The van der Waals surface area contributed by atoms with Crippen LogP contribution in [0.5, 0.6) is 0 Å². The Morgan fingerprint density at radius 1 is 1.15 bits per heavy atom. The quantitative estimate of drug-likeness (QED) is 0.577. The Kier molecular flexibility index (Phi) is 5.72. The number of aromatic nitrogens is 2. The van der Waals surface area contributed by atoms with Gasteiger partial charge in [-0.2, -0.15) is 0 Å². The first-order chi connectivity index (χ1) is 16.3. The molecular formula is C27H29ClN4O2. The molecule has 0 bridgehead atoms. The molecule has 1 fully saturated rings. The average Bonchev–Trinajstić information content (AvgIpc) is 3.59. The SMILES string of the molecule is Cc1cccc(-c2nc3c(n2C(C)c2ccc(Cl)cc2)=C([C@H](C)C2CC2)N(C)C(C(=O)O)N=3)c1. The van der Waals surface area contributed by atoms with Crippen molar-refractivity contribution in [1.29, 1.82) is 0 Å². The van der Waals surface area contributed by atoms with Gasteiger partial charge in [0, 0.05) is 29.2 Å². The molecule has 2 unspecified atom stereocenters. The number of carboxylic acid groups (broad SMARTS) is 1. The van der Waals surface area contributed by atoms with E-state index < -0.39 is 12.1 Å². The number of likely N-dealkylation sites (N-methyl/N-ethyl adjacent to an activating group) is 1. The van der Waals surface area contributed by atoms with Crippen LogP contribution in [0.1, 0.15) is 43.9 Å². The van der Waals surface area contributed by atoms with Crippen molar-refractivity contribution in [2.75, 3.05) is 7.05 Å². The van der Waals surface area contributed by atoms with Crippen molar-refractivity contribution in [3.05, 3.63) is 75.5 Å². The molecule has 1 N–H and O–H groups in total. The number of hydrogen-bond donors (Lipinski definition) is 1. The minimum absolute atomic E-state index is 0.0598. The van der Waals surface area contributed by atoms with Gasteiger partial charge in [-0.1, -0.05) is 54.4 Å². The van der Waals surface area contributed by atoms with Crippen LogP contribution in [0.2, 0.25) is 5.02 Å². The van der Waals surface area contributed by atoms with Crippen LogP contribution >= 0.6 is 11.6 Å². The van der Waals surface area contributed by atoms with E-state index in [0.717, 1.165) is 46.4 Å². The average molecular weight is 477 g/mol. The number of imidazole rings is 1. The van der Waals surface area contributed by atoms with Crippen molar-refractivity contribution in [3.8, 4) is 11.4 Å². The summed E-state index contributed by atoms with van der Waals surface area (Å²) in [4.78, 5) is 23.5. The van der Waals surface area contributed by atoms with Crippen molar-refractivity contribution < 1.29 is 9.90 Å². The molecule has 2 aliphatic rings. The summed E-state index contributed by atoms with van der Waals surface area (Å²) in [7, 11) is 1.84. The Morgan fingerprint density at radius 2 is 1.85 bits per heavy atom. The van der Waals surface area contributed by atoms with Gasteiger partial charge >= 0.3 is 5.97 Å². The highest BCUT2D eigenvalue weighted by Crippen LogP contribution is 2.42. The molecule has 0 spiro atoms. The first kappa shape index (κ1) is 22.7. The lowest BCUT2D eigenvalue weighted by molar-refractivity contribution is -0.141. The van der Waals surface area contributed by atoms with Crippen molar-refractivity contribution in [2.45, 2.75) is 45.8 Å². The van der Waals surface area contributed by atoms with Gasteiger partial charge in [0.05, 0.1) is 6.04 Å². The molecule has 6 nitrogen and oxygen atoms in total. The van der Waals surface area contributed by atoms with Crippen LogP contribution in [-0.2, 0) is 4.79 Å². The Balaban J connectivity index is 1.86. The second-order valence-corrected chi connectivity index (χ2v) is 9.97. The second kappa shape index (κ2) is 8.58. The molecule has 1 aliphatic carbocycles. The molecule has 2 aromatic carbocycles. The summed E-state index contributed by atoms with van der Waals surface area (Å²) in [6.45, 7) is 6.41. The third-order valence-corrected chi connectivity index (χ3v) is 7.38. The Hall–Kier alpha value is -3.12. The summed E-state index contributed by atoms with van der Waals surface area (Å²) in [5, 5.41) is 11.5. The molecule has 5 rings (SSSR count).